The van der Waals surface area contributed by atoms with Crippen molar-refractivity contribution in [2.75, 3.05) is 26.3 Å². The van der Waals surface area contributed by atoms with Gasteiger partial charge in [0.2, 0.25) is 5.91 Å². The first-order chi connectivity index (χ1) is 13.8. The fourth-order valence-corrected chi connectivity index (χ4v) is 3.54. The number of nitriles is 1. The van der Waals surface area contributed by atoms with Crippen molar-refractivity contribution < 1.29 is 14.3 Å². The Balaban J connectivity index is 2.01. The van der Waals surface area contributed by atoms with Crippen molar-refractivity contribution in [1.29, 1.82) is 5.26 Å². The van der Waals surface area contributed by atoms with Gasteiger partial charge in [0.25, 0.3) is 0 Å². The summed E-state index contributed by atoms with van der Waals surface area (Å²) in [6.07, 6.45) is 1.69. The van der Waals surface area contributed by atoms with Crippen LogP contribution in [0.25, 0.3) is 0 Å². The van der Waals surface area contributed by atoms with Crippen LogP contribution < -0.4 is 10.6 Å². The highest BCUT2D eigenvalue weighted by molar-refractivity contribution is 5.91. The van der Waals surface area contributed by atoms with Crippen LogP contribution >= 0.6 is 0 Å². The highest BCUT2D eigenvalue weighted by Crippen LogP contribution is 2.19. The zero-order valence-corrected chi connectivity index (χ0v) is 17.6. The maximum absolute atomic E-state index is 13.1. The second kappa shape index (κ2) is 10.8. The Morgan fingerprint density at radius 2 is 1.90 bits per heavy atom. The van der Waals surface area contributed by atoms with Gasteiger partial charge in [0.05, 0.1) is 19.3 Å². The number of nitrogens with one attached hydrogen (secondary N) is 2. The number of ether oxygens (including phenoxy) is 1. The number of urea groups is 1. The van der Waals surface area contributed by atoms with Gasteiger partial charge in [-0.05, 0) is 37.7 Å². The van der Waals surface area contributed by atoms with E-state index in [0.717, 1.165) is 5.56 Å². The predicted octanol–water partition coefficient (Wildman–Crippen LogP) is 2.47. The average Bonchev–Trinajstić information content (AvgIpc) is 2.71. The van der Waals surface area contributed by atoms with Crippen LogP contribution in [0.5, 0.6) is 0 Å². The van der Waals surface area contributed by atoms with Crippen LogP contribution in [0.2, 0.25) is 0 Å². The van der Waals surface area contributed by atoms with Crippen molar-refractivity contribution in [3.63, 3.8) is 0 Å². The smallest absolute Gasteiger partial charge is 0.318 e. The summed E-state index contributed by atoms with van der Waals surface area (Å²) in [7, 11) is 0. The van der Waals surface area contributed by atoms with Gasteiger partial charge in [0, 0.05) is 13.1 Å². The van der Waals surface area contributed by atoms with Crippen LogP contribution in [0.1, 0.15) is 39.2 Å². The van der Waals surface area contributed by atoms with Gasteiger partial charge in [-0.3, -0.25) is 4.79 Å². The van der Waals surface area contributed by atoms with E-state index in [1.807, 2.05) is 44.2 Å². The number of hydrogen-bond acceptors (Lipinski definition) is 4. The van der Waals surface area contributed by atoms with E-state index in [-0.39, 0.29) is 17.9 Å². The molecule has 0 saturated carbocycles. The molecule has 0 unspecified atom stereocenters. The number of hydrogen-bond donors (Lipinski definition) is 2. The molecule has 3 amide bonds. The molecule has 0 aliphatic carbocycles. The molecule has 1 saturated heterocycles. The van der Waals surface area contributed by atoms with Crippen molar-refractivity contribution in [3.05, 3.63) is 35.9 Å². The lowest BCUT2D eigenvalue weighted by Gasteiger charge is -2.35. The molecular weight excluding hydrogens is 368 g/mol. The molecule has 158 valence electrons. The number of rotatable bonds is 8. The molecule has 0 spiro atoms. The van der Waals surface area contributed by atoms with Gasteiger partial charge < -0.3 is 20.3 Å². The van der Waals surface area contributed by atoms with E-state index in [2.05, 4.69) is 16.7 Å². The Morgan fingerprint density at radius 1 is 1.24 bits per heavy atom. The van der Waals surface area contributed by atoms with Gasteiger partial charge in [0.15, 0.2) is 0 Å². The Hall–Kier alpha value is -2.59. The monoisotopic (exact) mass is 400 g/mol. The minimum atomic E-state index is -1.09. The summed E-state index contributed by atoms with van der Waals surface area (Å²) in [5.74, 6) is -0.131. The highest BCUT2D eigenvalue weighted by atomic mass is 16.5. The topological polar surface area (TPSA) is 94.5 Å². The molecule has 1 aliphatic heterocycles. The fraction of sp³-hybridized carbons (Fsp3) is 0.591. The Morgan fingerprint density at radius 3 is 2.48 bits per heavy atom. The van der Waals surface area contributed by atoms with Gasteiger partial charge in [0.1, 0.15) is 11.6 Å². The molecule has 2 rings (SSSR count). The van der Waals surface area contributed by atoms with Crippen molar-refractivity contribution in [2.45, 2.75) is 51.6 Å². The molecular formula is C22H32N4O3. The summed E-state index contributed by atoms with van der Waals surface area (Å²) in [5.41, 5.74) is 0.0262. The minimum absolute atomic E-state index is 0.195. The zero-order chi connectivity index (χ0) is 21.3. The minimum Gasteiger partial charge on any atom is -0.378 e. The standard InChI is InChI=1S/C22H32N4O3/c1-17(2)15-22(3,25-21(28)26-11-13-29-14-12-26)20(27)24-19(16-23)10-9-18-7-5-4-6-8-18/h4-8,17,19H,9-15H2,1-3H3,(H,24,27)(H,25,28)/t19-,22-/m0/s1. The van der Waals surface area contributed by atoms with E-state index in [4.69, 9.17) is 4.74 Å². The summed E-state index contributed by atoms with van der Waals surface area (Å²) in [5, 5.41) is 15.3. The first-order valence-electron chi connectivity index (χ1n) is 10.2. The number of carbonyl (C=O) groups is 2. The van der Waals surface area contributed by atoms with Crippen LogP contribution in [0.15, 0.2) is 30.3 Å². The normalized spacial score (nSPS) is 17.1. The largest absolute Gasteiger partial charge is 0.378 e. The lowest BCUT2D eigenvalue weighted by Crippen LogP contribution is -2.62. The van der Waals surface area contributed by atoms with Crippen LogP contribution in [-0.2, 0) is 16.0 Å². The summed E-state index contributed by atoms with van der Waals surface area (Å²) < 4.78 is 5.29. The van der Waals surface area contributed by atoms with Crippen molar-refractivity contribution in [2.24, 2.45) is 5.92 Å². The number of aryl methyl sites for hydroxylation is 1. The Bertz CT molecular complexity index is 711. The van der Waals surface area contributed by atoms with E-state index in [1.54, 1.807) is 11.8 Å². The molecule has 0 bridgehead atoms. The third-order valence-corrected chi connectivity index (χ3v) is 5.02. The molecule has 1 heterocycles. The molecule has 1 aliphatic rings. The third-order valence-electron chi connectivity index (χ3n) is 5.02. The first kappa shape index (κ1) is 22.7. The van der Waals surface area contributed by atoms with Gasteiger partial charge >= 0.3 is 6.03 Å². The van der Waals surface area contributed by atoms with Crippen molar-refractivity contribution >= 4 is 11.9 Å². The molecule has 7 nitrogen and oxygen atoms in total. The first-order valence-corrected chi connectivity index (χ1v) is 10.2. The summed E-state index contributed by atoms with van der Waals surface area (Å²) in [6.45, 7) is 7.73. The van der Waals surface area contributed by atoms with Crippen LogP contribution in [0, 0.1) is 17.2 Å². The molecule has 1 aromatic carbocycles. The molecule has 1 fully saturated rings. The van der Waals surface area contributed by atoms with Gasteiger partial charge in [-0.15, -0.1) is 0 Å². The highest BCUT2D eigenvalue weighted by Gasteiger charge is 2.38. The maximum Gasteiger partial charge on any atom is 0.318 e. The van der Waals surface area contributed by atoms with E-state index >= 15 is 0 Å². The SMILES string of the molecule is CC(C)C[C@](C)(NC(=O)N1CCOCC1)C(=O)N[C@H](C#N)CCc1ccccc1. The van der Waals surface area contributed by atoms with Gasteiger partial charge in [-0.25, -0.2) is 4.79 Å². The van der Waals surface area contributed by atoms with Crippen molar-refractivity contribution in [3.8, 4) is 6.07 Å². The second-order valence-electron chi connectivity index (χ2n) is 8.14. The number of amides is 3. The van der Waals surface area contributed by atoms with Crippen molar-refractivity contribution in [1.82, 2.24) is 15.5 Å². The van der Waals surface area contributed by atoms with Gasteiger partial charge in [-0.2, -0.15) is 5.26 Å². The summed E-state index contributed by atoms with van der Waals surface area (Å²) in [6, 6.07) is 11.1. The Labute approximate surface area is 173 Å². The molecule has 2 N–H and O–H groups in total. The van der Waals surface area contributed by atoms with E-state index < -0.39 is 11.6 Å². The average molecular weight is 401 g/mol. The summed E-state index contributed by atoms with van der Waals surface area (Å²) >= 11 is 0. The van der Waals surface area contributed by atoms with E-state index in [9.17, 15) is 14.9 Å². The quantitative estimate of drug-likeness (QED) is 0.701. The van der Waals surface area contributed by atoms with Crippen LogP contribution in [-0.4, -0.2) is 54.7 Å². The lowest BCUT2D eigenvalue weighted by atomic mass is 9.89. The zero-order valence-electron chi connectivity index (χ0n) is 17.6. The molecule has 0 radical (unpaired) electrons. The van der Waals surface area contributed by atoms with Crippen LogP contribution in [0.3, 0.4) is 0 Å². The molecule has 0 aromatic heterocycles. The molecule has 29 heavy (non-hydrogen) atoms. The number of carbonyl (C=O) groups excluding carboxylic acids is 2. The van der Waals surface area contributed by atoms with Gasteiger partial charge in [-0.1, -0.05) is 44.2 Å². The maximum atomic E-state index is 13.1. The third kappa shape index (κ3) is 7.06. The predicted molar refractivity (Wildman–Crippen MR) is 111 cm³/mol. The summed E-state index contributed by atoms with van der Waals surface area (Å²) in [4.78, 5) is 27.4. The number of nitrogens with zero attached hydrogens (tertiary/aromatic N) is 2. The Kier molecular flexibility index (Phi) is 8.47. The van der Waals surface area contributed by atoms with Crippen LogP contribution in [0.4, 0.5) is 4.79 Å². The molecule has 2 atom stereocenters. The molecule has 7 heteroatoms. The number of morpholine rings is 1. The van der Waals surface area contributed by atoms with E-state index in [0.29, 0.717) is 45.6 Å². The molecule has 1 aromatic rings. The van der Waals surface area contributed by atoms with E-state index in [1.165, 1.54) is 0 Å². The fourth-order valence-electron chi connectivity index (χ4n) is 3.54. The lowest BCUT2D eigenvalue weighted by molar-refractivity contribution is -0.127. The second-order valence-corrected chi connectivity index (χ2v) is 8.14. The number of benzene rings is 1.